The molecule has 1 aromatic heterocycles. The number of carbonyl (C=O) groups is 1. The van der Waals surface area contributed by atoms with Gasteiger partial charge in [-0.05, 0) is 51.3 Å². The van der Waals surface area contributed by atoms with Crippen molar-refractivity contribution in [2.75, 3.05) is 6.54 Å². The molecule has 0 unspecified atom stereocenters. The zero-order valence-electron chi connectivity index (χ0n) is 16.3. The normalized spacial score (nSPS) is 11.5. The topological polar surface area (TPSA) is 77.2 Å². The number of aromatic nitrogens is 2. The summed E-state index contributed by atoms with van der Waals surface area (Å²) in [7, 11) is 0. The number of hydrogen-bond donors (Lipinski definition) is 1. The second-order valence-electron chi connectivity index (χ2n) is 7.24. The summed E-state index contributed by atoms with van der Waals surface area (Å²) < 4.78 is 10.8. The zero-order valence-corrected chi connectivity index (χ0v) is 18.6. The number of amides is 1. The van der Waals surface area contributed by atoms with Gasteiger partial charge in [-0.1, -0.05) is 47.5 Å². The van der Waals surface area contributed by atoms with Crippen LogP contribution in [0.1, 0.15) is 51.5 Å². The van der Waals surface area contributed by atoms with E-state index in [0.29, 0.717) is 39.9 Å². The smallest absolute Gasteiger partial charge is 0.407 e. The van der Waals surface area contributed by atoms with Crippen LogP contribution in [0.15, 0.2) is 27.8 Å². The Morgan fingerprint density at radius 3 is 2.68 bits per heavy atom. The molecule has 1 heterocycles. The number of alkyl carbamates (subject to hydrolysis) is 1. The van der Waals surface area contributed by atoms with E-state index < -0.39 is 5.60 Å². The fourth-order valence-corrected chi connectivity index (χ4v) is 3.30. The molecule has 0 atom stereocenters. The maximum absolute atomic E-state index is 11.5. The van der Waals surface area contributed by atoms with E-state index in [0.717, 1.165) is 24.8 Å². The lowest BCUT2D eigenvalue weighted by Gasteiger charge is -2.19. The highest BCUT2D eigenvalue weighted by Crippen LogP contribution is 2.27. The minimum atomic E-state index is -0.475. The lowest BCUT2D eigenvalue weighted by Crippen LogP contribution is -2.32. The van der Waals surface area contributed by atoms with Crippen LogP contribution in [0, 0.1) is 0 Å². The summed E-state index contributed by atoms with van der Waals surface area (Å²) in [6, 6.07) is 5.53. The largest absolute Gasteiger partial charge is 0.444 e. The van der Waals surface area contributed by atoms with Crippen LogP contribution in [0.2, 0.25) is 10.0 Å². The van der Waals surface area contributed by atoms with Crippen LogP contribution in [-0.2, 0) is 16.9 Å². The standard InChI is InChI=1S/C19H25Cl2N3O3S/c1-19(2,3)27-17(25)22-10-6-4-5-7-16-23-24-18(26-16)28-12-13-8-9-14(20)15(21)11-13/h8-9,11H,4-7,10,12H2,1-3H3,(H,22,25). The van der Waals surface area contributed by atoms with E-state index in [2.05, 4.69) is 15.5 Å². The molecule has 9 heteroatoms. The summed E-state index contributed by atoms with van der Waals surface area (Å²) in [5, 5.41) is 12.5. The van der Waals surface area contributed by atoms with Gasteiger partial charge in [-0.25, -0.2) is 4.79 Å². The number of aryl methyl sites for hydroxylation is 1. The van der Waals surface area contributed by atoms with Crippen molar-refractivity contribution in [3.05, 3.63) is 39.7 Å². The molecule has 0 aliphatic rings. The third-order valence-electron chi connectivity index (χ3n) is 3.53. The number of ether oxygens (including phenoxy) is 1. The van der Waals surface area contributed by atoms with E-state index >= 15 is 0 Å². The van der Waals surface area contributed by atoms with Crippen LogP contribution in [0.3, 0.4) is 0 Å². The molecule has 0 fully saturated rings. The Bertz CT molecular complexity index is 778. The SMILES string of the molecule is CC(C)(C)OC(=O)NCCCCCc1nnc(SCc2ccc(Cl)c(Cl)c2)o1. The summed E-state index contributed by atoms with van der Waals surface area (Å²) in [4.78, 5) is 11.5. The van der Waals surface area contributed by atoms with Crippen LogP contribution in [0.5, 0.6) is 0 Å². The summed E-state index contributed by atoms with van der Waals surface area (Å²) in [6.07, 6.45) is 3.06. The van der Waals surface area contributed by atoms with Crippen LogP contribution in [0.4, 0.5) is 4.79 Å². The molecule has 1 amide bonds. The number of thioether (sulfide) groups is 1. The summed E-state index contributed by atoms with van der Waals surface area (Å²) in [5.74, 6) is 1.30. The number of halogens is 2. The highest BCUT2D eigenvalue weighted by atomic mass is 35.5. The quantitative estimate of drug-likeness (QED) is 0.381. The third kappa shape index (κ3) is 8.71. The molecule has 6 nitrogen and oxygen atoms in total. The third-order valence-corrected chi connectivity index (χ3v) is 5.16. The van der Waals surface area contributed by atoms with Gasteiger partial charge in [0.25, 0.3) is 5.22 Å². The van der Waals surface area contributed by atoms with Crippen molar-refractivity contribution in [3.63, 3.8) is 0 Å². The van der Waals surface area contributed by atoms with Gasteiger partial charge >= 0.3 is 6.09 Å². The predicted molar refractivity (Wildman–Crippen MR) is 112 cm³/mol. The molecule has 1 aromatic carbocycles. The van der Waals surface area contributed by atoms with E-state index in [1.54, 1.807) is 6.07 Å². The summed E-state index contributed by atoms with van der Waals surface area (Å²) in [6.45, 7) is 6.11. The first-order chi connectivity index (χ1) is 13.2. The van der Waals surface area contributed by atoms with Crippen LogP contribution in [0.25, 0.3) is 0 Å². The monoisotopic (exact) mass is 445 g/mol. The van der Waals surface area contributed by atoms with E-state index in [9.17, 15) is 4.79 Å². The van der Waals surface area contributed by atoms with Crippen molar-refractivity contribution in [1.29, 1.82) is 0 Å². The molecule has 0 aliphatic heterocycles. The Morgan fingerprint density at radius 2 is 1.96 bits per heavy atom. The first-order valence-corrected chi connectivity index (χ1v) is 10.8. The predicted octanol–water partition coefficient (Wildman–Crippen LogP) is 5.91. The van der Waals surface area contributed by atoms with Gasteiger partial charge in [0.15, 0.2) is 0 Å². The van der Waals surface area contributed by atoms with Crippen molar-refractivity contribution >= 4 is 41.1 Å². The lowest BCUT2D eigenvalue weighted by molar-refractivity contribution is 0.0527. The van der Waals surface area contributed by atoms with Gasteiger partial charge < -0.3 is 14.5 Å². The molecule has 0 bridgehead atoms. The molecule has 0 radical (unpaired) electrons. The van der Waals surface area contributed by atoms with Gasteiger partial charge in [-0.2, -0.15) is 0 Å². The van der Waals surface area contributed by atoms with E-state index in [1.165, 1.54) is 11.8 Å². The molecular formula is C19H25Cl2N3O3S. The first-order valence-electron chi connectivity index (χ1n) is 9.09. The van der Waals surface area contributed by atoms with E-state index in [-0.39, 0.29) is 6.09 Å². The van der Waals surface area contributed by atoms with Gasteiger partial charge in [0.05, 0.1) is 10.0 Å². The van der Waals surface area contributed by atoms with Crippen molar-refractivity contribution in [2.24, 2.45) is 0 Å². The Balaban J connectivity index is 1.61. The van der Waals surface area contributed by atoms with Crippen molar-refractivity contribution in [3.8, 4) is 0 Å². The molecule has 2 aromatic rings. The number of unbranched alkanes of at least 4 members (excludes halogenated alkanes) is 2. The Hall–Kier alpha value is -1.44. The molecule has 0 spiro atoms. The van der Waals surface area contributed by atoms with Crippen molar-refractivity contribution in [1.82, 2.24) is 15.5 Å². The number of nitrogens with one attached hydrogen (secondary N) is 1. The number of carbonyl (C=O) groups excluding carboxylic acids is 1. The minimum absolute atomic E-state index is 0.381. The van der Waals surface area contributed by atoms with Gasteiger partial charge in [0, 0.05) is 18.7 Å². The van der Waals surface area contributed by atoms with E-state index in [1.807, 2.05) is 32.9 Å². The van der Waals surface area contributed by atoms with Gasteiger partial charge in [-0.3, -0.25) is 0 Å². The summed E-state index contributed by atoms with van der Waals surface area (Å²) >= 11 is 13.4. The molecule has 2 rings (SSSR count). The molecule has 154 valence electrons. The Kier molecular flexibility index (Phi) is 8.92. The second kappa shape index (κ2) is 10.9. The zero-order chi connectivity index (χ0) is 20.6. The van der Waals surface area contributed by atoms with E-state index in [4.69, 9.17) is 32.4 Å². The fraction of sp³-hybridized carbons (Fsp3) is 0.526. The maximum atomic E-state index is 11.5. The highest BCUT2D eigenvalue weighted by Gasteiger charge is 2.15. The van der Waals surface area contributed by atoms with Gasteiger partial charge in [-0.15, -0.1) is 10.2 Å². The molecule has 0 saturated heterocycles. The lowest BCUT2D eigenvalue weighted by atomic mass is 10.2. The molecule has 1 N–H and O–H groups in total. The van der Waals surface area contributed by atoms with Crippen LogP contribution < -0.4 is 5.32 Å². The number of nitrogens with zero attached hydrogens (tertiary/aromatic N) is 2. The Labute approximate surface area is 179 Å². The minimum Gasteiger partial charge on any atom is -0.444 e. The Morgan fingerprint density at radius 1 is 1.18 bits per heavy atom. The molecule has 0 aliphatic carbocycles. The van der Waals surface area contributed by atoms with Crippen molar-refractivity contribution in [2.45, 2.75) is 63.0 Å². The molecular weight excluding hydrogens is 421 g/mol. The first kappa shape index (κ1) is 22.8. The average molecular weight is 446 g/mol. The number of benzene rings is 1. The molecule has 0 saturated carbocycles. The summed E-state index contributed by atoms with van der Waals surface area (Å²) in [5.41, 5.74) is 0.564. The van der Waals surface area contributed by atoms with Crippen LogP contribution in [-0.4, -0.2) is 28.4 Å². The maximum Gasteiger partial charge on any atom is 0.407 e. The van der Waals surface area contributed by atoms with Crippen LogP contribution >= 0.6 is 35.0 Å². The fourth-order valence-electron chi connectivity index (χ4n) is 2.25. The number of hydrogen-bond acceptors (Lipinski definition) is 6. The number of rotatable bonds is 9. The molecule has 28 heavy (non-hydrogen) atoms. The average Bonchev–Trinajstić information content (AvgIpc) is 3.05. The highest BCUT2D eigenvalue weighted by molar-refractivity contribution is 7.98. The van der Waals surface area contributed by atoms with Gasteiger partial charge in [0.1, 0.15) is 5.60 Å². The second-order valence-corrected chi connectivity index (χ2v) is 8.98. The van der Waals surface area contributed by atoms with Gasteiger partial charge in [0.2, 0.25) is 5.89 Å². The van der Waals surface area contributed by atoms with Crippen molar-refractivity contribution < 1.29 is 13.9 Å².